The van der Waals surface area contributed by atoms with Gasteiger partial charge in [0, 0.05) is 33.4 Å². The van der Waals surface area contributed by atoms with Crippen molar-refractivity contribution >= 4 is 11.6 Å². The van der Waals surface area contributed by atoms with Gasteiger partial charge in [0.05, 0.1) is 12.5 Å². The molecule has 28 heavy (non-hydrogen) atoms. The van der Waals surface area contributed by atoms with E-state index in [9.17, 15) is 4.79 Å². The predicted molar refractivity (Wildman–Crippen MR) is 108 cm³/mol. The van der Waals surface area contributed by atoms with Gasteiger partial charge in [0.1, 0.15) is 13.1 Å². The number of likely N-dealkylation sites (N-methyl/N-ethyl adjacent to an activating group) is 1. The molecule has 2 heterocycles. The van der Waals surface area contributed by atoms with Crippen LogP contribution in [0.15, 0.2) is 69.9 Å². The highest BCUT2D eigenvalue weighted by Gasteiger charge is 2.21. The number of anilines is 1. The lowest BCUT2D eigenvalue weighted by molar-refractivity contribution is -0.921. The average Bonchev–Trinajstić information content (AvgIpc) is 3.36. The number of hydrogen-bond donors (Lipinski definition) is 1. The maximum atomic E-state index is 12.8. The fourth-order valence-corrected chi connectivity index (χ4v) is 3.12. The standard InChI is InChI=1S/C22H27N3O3/c1-23(2)19-10-8-18(9-11-19)14-24(3)22(26)17-25(15-20-6-4-12-27-20)16-21-7-5-13-28-21/h4-13H,14-17H2,1-3H3/p+1. The molecule has 0 aliphatic carbocycles. The number of hydrogen-bond acceptors (Lipinski definition) is 4. The van der Waals surface area contributed by atoms with E-state index in [-0.39, 0.29) is 5.91 Å². The fraction of sp³-hybridized carbons (Fsp3) is 0.318. The zero-order valence-electron chi connectivity index (χ0n) is 16.7. The first kappa shape index (κ1) is 19.8. The molecule has 0 radical (unpaired) electrons. The Bertz CT molecular complexity index is 804. The summed E-state index contributed by atoms with van der Waals surface area (Å²) in [7, 11) is 5.87. The maximum Gasteiger partial charge on any atom is 0.277 e. The van der Waals surface area contributed by atoms with E-state index >= 15 is 0 Å². The highest BCUT2D eigenvalue weighted by atomic mass is 16.3. The molecule has 0 saturated heterocycles. The summed E-state index contributed by atoms with van der Waals surface area (Å²) in [5.74, 6) is 1.80. The molecule has 1 amide bonds. The lowest BCUT2D eigenvalue weighted by Crippen LogP contribution is -3.10. The highest BCUT2D eigenvalue weighted by molar-refractivity contribution is 5.76. The van der Waals surface area contributed by atoms with E-state index in [0.29, 0.717) is 26.2 Å². The van der Waals surface area contributed by atoms with Crippen LogP contribution < -0.4 is 9.80 Å². The van der Waals surface area contributed by atoms with Gasteiger partial charge in [0.2, 0.25) is 0 Å². The van der Waals surface area contributed by atoms with Crippen LogP contribution in [-0.4, -0.2) is 38.5 Å². The van der Waals surface area contributed by atoms with Gasteiger partial charge in [-0.15, -0.1) is 0 Å². The molecule has 1 aromatic carbocycles. The molecule has 0 aliphatic rings. The van der Waals surface area contributed by atoms with E-state index < -0.39 is 0 Å². The summed E-state index contributed by atoms with van der Waals surface area (Å²) in [6.07, 6.45) is 3.32. The van der Waals surface area contributed by atoms with Crippen LogP contribution in [0.3, 0.4) is 0 Å². The summed E-state index contributed by atoms with van der Waals surface area (Å²) in [4.78, 5) is 17.7. The molecule has 0 aliphatic heterocycles. The lowest BCUT2D eigenvalue weighted by atomic mass is 10.2. The number of nitrogens with zero attached hydrogens (tertiary/aromatic N) is 2. The van der Waals surface area contributed by atoms with Crippen molar-refractivity contribution in [3.63, 3.8) is 0 Å². The normalized spacial score (nSPS) is 11.0. The number of rotatable bonds is 9. The molecular weight excluding hydrogens is 354 g/mol. The molecule has 2 aromatic heterocycles. The average molecular weight is 382 g/mol. The van der Waals surface area contributed by atoms with Crippen LogP contribution in [0.1, 0.15) is 17.1 Å². The van der Waals surface area contributed by atoms with Crippen LogP contribution >= 0.6 is 0 Å². The summed E-state index contributed by atoms with van der Waals surface area (Å²) in [5, 5.41) is 0. The van der Waals surface area contributed by atoms with Gasteiger partial charge in [-0.05, 0) is 42.0 Å². The Morgan fingerprint density at radius 1 is 0.893 bits per heavy atom. The van der Waals surface area contributed by atoms with Crippen LogP contribution in [0.2, 0.25) is 0 Å². The van der Waals surface area contributed by atoms with Gasteiger partial charge in [-0.3, -0.25) is 4.79 Å². The number of amides is 1. The Morgan fingerprint density at radius 3 is 1.93 bits per heavy atom. The quantitative estimate of drug-likeness (QED) is 0.616. The van der Waals surface area contributed by atoms with Crippen LogP contribution in [0.25, 0.3) is 0 Å². The highest BCUT2D eigenvalue weighted by Crippen LogP contribution is 2.13. The van der Waals surface area contributed by atoms with E-state index in [1.807, 2.05) is 45.4 Å². The van der Waals surface area contributed by atoms with Crippen LogP contribution in [0.5, 0.6) is 0 Å². The number of nitrogens with one attached hydrogen (secondary N) is 1. The van der Waals surface area contributed by atoms with Gasteiger partial charge in [0.15, 0.2) is 18.1 Å². The van der Waals surface area contributed by atoms with Gasteiger partial charge < -0.3 is 23.5 Å². The predicted octanol–water partition coefficient (Wildman–Crippen LogP) is 2.18. The van der Waals surface area contributed by atoms with Gasteiger partial charge in [0.25, 0.3) is 5.91 Å². The van der Waals surface area contributed by atoms with Crippen molar-refractivity contribution in [3.05, 3.63) is 78.1 Å². The second-order valence-corrected chi connectivity index (χ2v) is 7.25. The zero-order chi connectivity index (χ0) is 19.9. The molecule has 0 atom stereocenters. The van der Waals surface area contributed by atoms with Crippen LogP contribution in [0, 0.1) is 0 Å². The van der Waals surface area contributed by atoms with E-state index in [1.165, 1.54) is 0 Å². The first-order chi connectivity index (χ1) is 13.5. The van der Waals surface area contributed by atoms with Crippen molar-refractivity contribution in [3.8, 4) is 0 Å². The molecule has 0 fully saturated rings. The molecule has 0 spiro atoms. The van der Waals surface area contributed by atoms with Crippen molar-refractivity contribution in [2.75, 3.05) is 32.6 Å². The molecular formula is C22H28N3O3+. The third-order valence-electron chi connectivity index (χ3n) is 4.71. The maximum absolute atomic E-state index is 12.8. The minimum Gasteiger partial charge on any atom is -0.463 e. The van der Waals surface area contributed by atoms with Crippen LogP contribution in [-0.2, 0) is 24.4 Å². The van der Waals surface area contributed by atoms with Crippen molar-refractivity contribution in [1.82, 2.24) is 4.90 Å². The summed E-state index contributed by atoms with van der Waals surface area (Å²) < 4.78 is 10.9. The Kier molecular flexibility index (Phi) is 6.55. The largest absolute Gasteiger partial charge is 0.463 e. The Balaban J connectivity index is 1.61. The minimum atomic E-state index is 0.0878. The molecule has 3 rings (SSSR count). The molecule has 148 valence electrons. The number of carbonyl (C=O) groups excluding carboxylic acids is 1. The number of benzene rings is 1. The van der Waals surface area contributed by atoms with Crippen molar-refractivity contribution < 1.29 is 18.5 Å². The van der Waals surface area contributed by atoms with Crippen molar-refractivity contribution in [2.24, 2.45) is 0 Å². The van der Waals surface area contributed by atoms with E-state index in [2.05, 4.69) is 29.2 Å². The minimum absolute atomic E-state index is 0.0878. The number of carbonyl (C=O) groups is 1. The van der Waals surface area contributed by atoms with Crippen molar-refractivity contribution in [1.29, 1.82) is 0 Å². The number of quaternary nitrogens is 1. The lowest BCUT2D eigenvalue weighted by Gasteiger charge is -2.22. The van der Waals surface area contributed by atoms with Gasteiger partial charge in [-0.2, -0.15) is 0 Å². The Morgan fingerprint density at radius 2 is 1.46 bits per heavy atom. The summed E-state index contributed by atoms with van der Waals surface area (Å²) in [6.45, 7) is 2.21. The summed E-state index contributed by atoms with van der Waals surface area (Å²) in [5.41, 5.74) is 2.25. The smallest absolute Gasteiger partial charge is 0.277 e. The molecule has 6 heteroatoms. The molecule has 0 bridgehead atoms. The third kappa shape index (κ3) is 5.50. The second kappa shape index (κ2) is 9.28. The second-order valence-electron chi connectivity index (χ2n) is 7.25. The number of furan rings is 2. The van der Waals surface area contributed by atoms with Gasteiger partial charge >= 0.3 is 0 Å². The summed E-state index contributed by atoms with van der Waals surface area (Å²) in [6, 6.07) is 15.9. The van der Waals surface area contributed by atoms with E-state index in [1.54, 1.807) is 17.4 Å². The molecule has 0 saturated carbocycles. The summed E-state index contributed by atoms with van der Waals surface area (Å²) >= 11 is 0. The molecule has 6 nitrogen and oxygen atoms in total. The van der Waals surface area contributed by atoms with Crippen LogP contribution in [0.4, 0.5) is 5.69 Å². The fourth-order valence-electron chi connectivity index (χ4n) is 3.12. The first-order valence-electron chi connectivity index (χ1n) is 9.40. The monoisotopic (exact) mass is 382 g/mol. The van der Waals surface area contributed by atoms with Gasteiger partial charge in [-0.25, -0.2) is 0 Å². The third-order valence-corrected chi connectivity index (χ3v) is 4.71. The Hall–Kier alpha value is -2.99. The van der Waals surface area contributed by atoms with Crippen molar-refractivity contribution in [2.45, 2.75) is 19.6 Å². The van der Waals surface area contributed by atoms with Gasteiger partial charge in [-0.1, -0.05) is 12.1 Å². The van der Waals surface area contributed by atoms with E-state index in [0.717, 1.165) is 27.7 Å². The molecule has 1 N–H and O–H groups in total. The topological polar surface area (TPSA) is 54.3 Å². The first-order valence-corrected chi connectivity index (χ1v) is 9.40. The SMILES string of the molecule is CN(Cc1ccc(N(C)C)cc1)C(=O)C[NH+](Cc1ccco1)Cc1ccco1. The molecule has 3 aromatic rings. The Labute approximate surface area is 165 Å². The zero-order valence-corrected chi connectivity index (χ0v) is 16.7. The van der Waals surface area contributed by atoms with E-state index in [4.69, 9.17) is 8.83 Å². The molecule has 0 unspecified atom stereocenters.